The van der Waals surface area contributed by atoms with Crippen LogP contribution < -0.4 is 10.5 Å². The average molecular weight is 263 g/mol. The van der Waals surface area contributed by atoms with Crippen LogP contribution in [0.15, 0.2) is 6.33 Å². The summed E-state index contributed by atoms with van der Waals surface area (Å²) in [4.78, 5) is 12.6. The fourth-order valence-corrected chi connectivity index (χ4v) is 2.64. The Hall–Kier alpha value is -1.89. The number of rotatable bonds is 2. The van der Waals surface area contributed by atoms with E-state index >= 15 is 0 Å². The first kappa shape index (κ1) is 12.2. The number of nitrogens with two attached hydrogens (primary N) is 1. The molecular weight excluding hydrogens is 246 g/mol. The highest BCUT2D eigenvalue weighted by molar-refractivity contribution is 5.77. The molecule has 7 nitrogen and oxygen atoms in total. The maximum absolute atomic E-state index is 5.92. The zero-order valence-electron chi connectivity index (χ0n) is 11.2. The lowest BCUT2D eigenvalue weighted by atomic mass is 10.1. The van der Waals surface area contributed by atoms with Gasteiger partial charge in [-0.25, -0.2) is 4.98 Å². The van der Waals surface area contributed by atoms with Gasteiger partial charge in [0.15, 0.2) is 11.2 Å². The fraction of sp³-hybridized carbons (Fsp3) is 0.583. The number of methoxy groups -OCH3 is 1. The zero-order valence-corrected chi connectivity index (χ0v) is 11.2. The summed E-state index contributed by atoms with van der Waals surface area (Å²) in [6, 6.07) is 0. The SMILES string of the molecule is COc1nc(N)nc2c1ncn2C1OC(C)CC1C. The highest BCUT2D eigenvalue weighted by atomic mass is 16.5. The van der Waals surface area contributed by atoms with Crippen molar-refractivity contribution in [3.8, 4) is 5.88 Å². The van der Waals surface area contributed by atoms with Crippen LogP contribution in [0.25, 0.3) is 11.2 Å². The van der Waals surface area contributed by atoms with E-state index in [1.165, 1.54) is 7.11 Å². The second kappa shape index (κ2) is 4.34. The Morgan fingerprint density at radius 1 is 1.42 bits per heavy atom. The van der Waals surface area contributed by atoms with Crippen LogP contribution in [0.1, 0.15) is 26.5 Å². The highest BCUT2D eigenvalue weighted by Gasteiger charge is 2.32. The van der Waals surface area contributed by atoms with Crippen molar-refractivity contribution < 1.29 is 9.47 Å². The van der Waals surface area contributed by atoms with E-state index in [1.54, 1.807) is 6.33 Å². The number of aromatic nitrogens is 4. The number of nitrogen functional groups attached to an aromatic ring is 1. The van der Waals surface area contributed by atoms with E-state index in [4.69, 9.17) is 15.2 Å². The molecular formula is C12H17N5O2. The van der Waals surface area contributed by atoms with E-state index in [1.807, 2.05) is 4.57 Å². The van der Waals surface area contributed by atoms with Crippen molar-refractivity contribution in [3.63, 3.8) is 0 Å². The molecule has 19 heavy (non-hydrogen) atoms. The number of anilines is 1. The molecule has 3 atom stereocenters. The average Bonchev–Trinajstić information content (AvgIpc) is 2.91. The second-order valence-corrected chi connectivity index (χ2v) is 4.97. The summed E-state index contributed by atoms with van der Waals surface area (Å²) in [7, 11) is 1.54. The number of hydrogen-bond donors (Lipinski definition) is 1. The van der Waals surface area contributed by atoms with E-state index in [9.17, 15) is 0 Å². The molecule has 0 radical (unpaired) electrons. The number of nitrogens with zero attached hydrogens (tertiary/aromatic N) is 4. The van der Waals surface area contributed by atoms with Gasteiger partial charge in [-0.1, -0.05) is 6.92 Å². The zero-order chi connectivity index (χ0) is 13.6. The Kier molecular flexibility index (Phi) is 2.78. The number of fused-ring (bicyclic) bond motifs is 1. The van der Waals surface area contributed by atoms with Crippen LogP contribution in [0.5, 0.6) is 5.88 Å². The lowest BCUT2D eigenvalue weighted by Gasteiger charge is -2.17. The third-order valence-corrected chi connectivity index (χ3v) is 3.44. The third-order valence-electron chi connectivity index (χ3n) is 3.44. The van der Waals surface area contributed by atoms with Crippen LogP contribution in [0, 0.1) is 5.92 Å². The molecule has 0 aromatic carbocycles. The van der Waals surface area contributed by atoms with Crippen LogP contribution in [0.3, 0.4) is 0 Å². The summed E-state index contributed by atoms with van der Waals surface area (Å²) in [5.41, 5.74) is 6.96. The molecule has 1 saturated heterocycles. The Bertz CT molecular complexity index is 611. The van der Waals surface area contributed by atoms with Crippen molar-refractivity contribution >= 4 is 17.1 Å². The molecule has 2 aromatic rings. The lowest BCUT2D eigenvalue weighted by molar-refractivity contribution is -0.0000956. The van der Waals surface area contributed by atoms with Gasteiger partial charge in [0.25, 0.3) is 0 Å². The molecule has 1 aliphatic rings. The van der Waals surface area contributed by atoms with E-state index in [-0.39, 0.29) is 18.3 Å². The van der Waals surface area contributed by atoms with Gasteiger partial charge in [0.1, 0.15) is 6.23 Å². The number of hydrogen-bond acceptors (Lipinski definition) is 6. The van der Waals surface area contributed by atoms with Gasteiger partial charge in [-0.05, 0) is 13.3 Å². The topological polar surface area (TPSA) is 88.1 Å². The van der Waals surface area contributed by atoms with E-state index < -0.39 is 0 Å². The van der Waals surface area contributed by atoms with Gasteiger partial charge in [0, 0.05) is 5.92 Å². The Labute approximate surface area is 110 Å². The molecule has 2 aromatic heterocycles. The molecule has 1 fully saturated rings. The van der Waals surface area contributed by atoms with Gasteiger partial charge < -0.3 is 15.2 Å². The molecule has 102 valence electrons. The molecule has 2 N–H and O–H groups in total. The molecule has 7 heteroatoms. The summed E-state index contributed by atoms with van der Waals surface area (Å²) >= 11 is 0. The van der Waals surface area contributed by atoms with Crippen molar-refractivity contribution in [2.45, 2.75) is 32.6 Å². The molecule has 1 aliphatic heterocycles. The molecule has 0 spiro atoms. The predicted molar refractivity (Wildman–Crippen MR) is 69.7 cm³/mol. The molecule has 3 heterocycles. The number of imidazole rings is 1. The van der Waals surface area contributed by atoms with Gasteiger partial charge in [-0.2, -0.15) is 9.97 Å². The van der Waals surface area contributed by atoms with Crippen molar-refractivity contribution in [1.82, 2.24) is 19.5 Å². The Morgan fingerprint density at radius 3 is 2.84 bits per heavy atom. The highest BCUT2D eigenvalue weighted by Crippen LogP contribution is 2.36. The standard InChI is InChI=1S/C12H17N5O2/c1-6-4-7(2)19-11(6)17-5-14-8-9(17)15-12(13)16-10(8)18-3/h5-7,11H,4H2,1-3H3,(H2,13,15,16). The predicted octanol–water partition coefficient (Wildman–Crippen LogP) is 1.36. The first-order valence-corrected chi connectivity index (χ1v) is 6.29. The van der Waals surface area contributed by atoms with Crippen LogP contribution in [0.4, 0.5) is 5.95 Å². The normalized spacial score (nSPS) is 27.0. The molecule has 0 bridgehead atoms. The minimum Gasteiger partial charge on any atom is -0.479 e. The first-order valence-electron chi connectivity index (χ1n) is 6.29. The van der Waals surface area contributed by atoms with Crippen molar-refractivity contribution in [1.29, 1.82) is 0 Å². The summed E-state index contributed by atoms with van der Waals surface area (Å²) in [5, 5.41) is 0. The first-order chi connectivity index (χ1) is 9.10. The van der Waals surface area contributed by atoms with Crippen molar-refractivity contribution in [2.75, 3.05) is 12.8 Å². The van der Waals surface area contributed by atoms with Gasteiger partial charge in [-0.3, -0.25) is 4.57 Å². The van der Waals surface area contributed by atoms with Crippen molar-refractivity contribution in [3.05, 3.63) is 6.33 Å². The quantitative estimate of drug-likeness (QED) is 0.880. The molecule has 0 amide bonds. The lowest BCUT2D eigenvalue weighted by Crippen LogP contribution is -2.14. The Balaban J connectivity index is 2.12. The molecule has 3 rings (SSSR count). The van der Waals surface area contributed by atoms with Crippen LogP contribution >= 0.6 is 0 Å². The van der Waals surface area contributed by atoms with Crippen LogP contribution in [-0.4, -0.2) is 32.7 Å². The monoisotopic (exact) mass is 263 g/mol. The largest absolute Gasteiger partial charge is 0.479 e. The molecule has 0 saturated carbocycles. The maximum atomic E-state index is 5.92. The van der Waals surface area contributed by atoms with Gasteiger partial charge in [0.05, 0.1) is 19.5 Å². The summed E-state index contributed by atoms with van der Waals surface area (Å²) in [6.07, 6.45) is 2.89. The third kappa shape index (κ3) is 1.90. The maximum Gasteiger partial charge on any atom is 0.246 e. The van der Waals surface area contributed by atoms with Gasteiger partial charge in [-0.15, -0.1) is 0 Å². The van der Waals surface area contributed by atoms with Crippen LogP contribution in [0.2, 0.25) is 0 Å². The van der Waals surface area contributed by atoms with Crippen LogP contribution in [-0.2, 0) is 4.74 Å². The van der Waals surface area contributed by atoms with Gasteiger partial charge >= 0.3 is 0 Å². The van der Waals surface area contributed by atoms with E-state index in [0.29, 0.717) is 23.0 Å². The molecule has 3 unspecified atom stereocenters. The van der Waals surface area contributed by atoms with E-state index in [0.717, 1.165) is 6.42 Å². The number of ether oxygens (including phenoxy) is 2. The summed E-state index contributed by atoms with van der Waals surface area (Å²) < 4.78 is 13.0. The van der Waals surface area contributed by atoms with Crippen molar-refractivity contribution in [2.24, 2.45) is 5.92 Å². The fourth-order valence-electron chi connectivity index (χ4n) is 2.64. The molecule has 0 aliphatic carbocycles. The summed E-state index contributed by atoms with van der Waals surface area (Å²) in [6.45, 7) is 4.22. The Morgan fingerprint density at radius 2 is 2.21 bits per heavy atom. The minimum atomic E-state index is -0.0704. The minimum absolute atomic E-state index is 0.0704. The summed E-state index contributed by atoms with van der Waals surface area (Å²) in [5.74, 6) is 0.958. The smallest absolute Gasteiger partial charge is 0.246 e. The van der Waals surface area contributed by atoms with Gasteiger partial charge in [0.2, 0.25) is 11.8 Å². The van der Waals surface area contributed by atoms with E-state index in [2.05, 4.69) is 28.8 Å². The second-order valence-electron chi connectivity index (χ2n) is 4.97.